The van der Waals surface area contributed by atoms with Gasteiger partial charge in [-0.2, -0.15) is 4.31 Å². The van der Waals surface area contributed by atoms with Gasteiger partial charge >= 0.3 is 0 Å². The van der Waals surface area contributed by atoms with Crippen molar-refractivity contribution in [2.45, 2.75) is 25.5 Å². The first kappa shape index (κ1) is 18.2. The minimum absolute atomic E-state index is 0.0742. The zero-order valence-electron chi connectivity index (χ0n) is 14.0. The summed E-state index contributed by atoms with van der Waals surface area (Å²) < 4.78 is 30.4. The van der Waals surface area contributed by atoms with Gasteiger partial charge < -0.3 is 9.84 Å². The maximum absolute atomic E-state index is 11.9. The Labute approximate surface area is 138 Å². The van der Waals surface area contributed by atoms with Crippen molar-refractivity contribution in [1.82, 2.24) is 9.21 Å². The Balaban J connectivity index is 1.93. The molecule has 6 nitrogen and oxygen atoms in total. The third-order valence-electron chi connectivity index (χ3n) is 4.23. The molecule has 1 aromatic carbocycles. The lowest BCUT2D eigenvalue weighted by molar-refractivity contribution is 0.0219. The summed E-state index contributed by atoms with van der Waals surface area (Å²) in [6.07, 6.45) is 0.471. The fourth-order valence-electron chi connectivity index (χ4n) is 2.97. The molecule has 2 rings (SSSR count). The van der Waals surface area contributed by atoms with Crippen LogP contribution >= 0.6 is 0 Å². The Morgan fingerprint density at radius 1 is 1.35 bits per heavy atom. The summed E-state index contributed by atoms with van der Waals surface area (Å²) >= 11 is 0. The highest BCUT2D eigenvalue weighted by Gasteiger charge is 2.41. The van der Waals surface area contributed by atoms with Gasteiger partial charge in [0.2, 0.25) is 10.0 Å². The van der Waals surface area contributed by atoms with Crippen molar-refractivity contribution < 1.29 is 18.3 Å². The monoisotopic (exact) mass is 342 g/mol. The number of sulfonamides is 1. The summed E-state index contributed by atoms with van der Waals surface area (Å²) in [5.74, 6) is 0.886. The van der Waals surface area contributed by atoms with Crippen molar-refractivity contribution in [3.8, 4) is 5.75 Å². The number of likely N-dealkylation sites (N-methyl/N-ethyl adjacent to an activating group) is 1. The van der Waals surface area contributed by atoms with Crippen LogP contribution in [0.2, 0.25) is 0 Å². The van der Waals surface area contributed by atoms with Gasteiger partial charge in [0.25, 0.3) is 0 Å². The Morgan fingerprint density at radius 2 is 2.00 bits per heavy atom. The van der Waals surface area contributed by atoms with Crippen LogP contribution in [0.4, 0.5) is 0 Å². The van der Waals surface area contributed by atoms with Gasteiger partial charge in [0.15, 0.2) is 0 Å². The quantitative estimate of drug-likeness (QED) is 0.798. The van der Waals surface area contributed by atoms with E-state index in [0.717, 1.165) is 11.3 Å². The molecule has 1 fully saturated rings. The molecule has 1 N–H and O–H groups in total. The topological polar surface area (TPSA) is 70.1 Å². The first-order valence-electron chi connectivity index (χ1n) is 7.80. The molecule has 0 bridgehead atoms. The average molecular weight is 342 g/mol. The van der Waals surface area contributed by atoms with E-state index in [1.54, 1.807) is 14.0 Å². The standard InChI is InChI=1S/C16H26N2O4S/c1-4-23(20,21)18-10-9-16(19,13-18)12-17(2)11-14-5-7-15(22-3)8-6-14/h5-8,19H,4,9-13H2,1-3H3. The van der Waals surface area contributed by atoms with Gasteiger partial charge in [0, 0.05) is 26.2 Å². The fraction of sp³-hybridized carbons (Fsp3) is 0.625. The molecule has 23 heavy (non-hydrogen) atoms. The fourth-order valence-corrected chi connectivity index (χ4v) is 4.14. The van der Waals surface area contributed by atoms with E-state index in [9.17, 15) is 13.5 Å². The van der Waals surface area contributed by atoms with Gasteiger partial charge in [-0.1, -0.05) is 12.1 Å². The zero-order valence-corrected chi connectivity index (χ0v) is 14.8. The van der Waals surface area contributed by atoms with Crippen LogP contribution in [0.5, 0.6) is 5.75 Å². The molecular formula is C16H26N2O4S. The van der Waals surface area contributed by atoms with Crippen LogP contribution in [0, 0.1) is 0 Å². The summed E-state index contributed by atoms with van der Waals surface area (Å²) in [7, 11) is 0.331. The van der Waals surface area contributed by atoms with Crippen LogP contribution in [0.25, 0.3) is 0 Å². The highest BCUT2D eigenvalue weighted by Crippen LogP contribution is 2.25. The molecule has 0 radical (unpaired) electrons. The number of rotatable bonds is 7. The maximum atomic E-state index is 11.9. The number of β-amino-alcohol motifs (C(OH)–C–C–N with tert-alkyl or cyclic N) is 1. The minimum Gasteiger partial charge on any atom is -0.497 e. The first-order chi connectivity index (χ1) is 10.8. The molecule has 1 unspecified atom stereocenters. The summed E-state index contributed by atoms with van der Waals surface area (Å²) in [6.45, 7) is 3.32. The van der Waals surface area contributed by atoms with Gasteiger partial charge in [-0.15, -0.1) is 0 Å². The van der Waals surface area contributed by atoms with Crippen LogP contribution in [0.1, 0.15) is 18.9 Å². The van der Waals surface area contributed by atoms with E-state index in [2.05, 4.69) is 0 Å². The molecule has 0 aromatic heterocycles. The second kappa shape index (κ2) is 7.17. The van der Waals surface area contributed by atoms with E-state index < -0.39 is 15.6 Å². The Morgan fingerprint density at radius 3 is 2.57 bits per heavy atom. The van der Waals surface area contributed by atoms with E-state index in [0.29, 0.717) is 26.1 Å². The Bertz CT molecular complexity index is 617. The smallest absolute Gasteiger partial charge is 0.213 e. The maximum Gasteiger partial charge on any atom is 0.213 e. The van der Waals surface area contributed by atoms with Crippen LogP contribution in [0.3, 0.4) is 0 Å². The zero-order chi connectivity index (χ0) is 17.1. The Hall–Kier alpha value is -1.15. The van der Waals surface area contributed by atoms with Crippen LogP contribution in [-0.2, 0) is 16.6 Å². The second-order valence-corrected chi connectivity index (χ2v) is 8.49. The number of benzene rings is 1. The van der Waals surface area contributed by atoms with Crippen LogP contribution < -0.4 is 4.74 Å². The average Bonchev–Trinajstić information content (AvgIpc) is 2.90. The molecule has 0 aliphatic carbocycles. The molecule has 1 heterocycles. The number of ether oxygens (including phenoxy) is 1. The second-order valence-electron chi connectivity index (χ2n) is 6.23. The molecular weight excluding hydrogens is 316 g/mol. The minimum atomic E-state index is -3.23. The SMILES string of the molecule is CCS(=O)(=O)N1CCC(O)(CN(C)Cc2ccc(OC)cc2)C1. The van der Waals surface area contributed by atoms with Crippen molar-refractivity contribution in [1.29, 1.82) is 0 Å². The molecule has 1 aromatic rings. The molecule has 130 valence electrons. The normalized spacial score (nSPS) is 22.7. The van der Waals surface area contributed by atoms with Crippen molar-refractivity contribution in [2.24, 2.45) is 0 Å². The predicted molar refractivity (Wildman–Crippen MR) is 89.9 cm³/mol. The van der Waals surface area contributed by atoms with Crippen molar-refractivity contribution in [3.63, 3.8) is 0 Å². The van der Waals surface area contributed by atoms with E-state index in [4.69, 9.17) is 4.74 Å². The van der Waals surface area contributed by atoms with Gasteiger partial charge in [0.1, 0.15) is 5.75 Å². The Kier molecular flexibility index (Phi) is 5.67. The van der Waals surface area contributed by atoms with Gasteiger partial charge in [-0.25, -0.2) is 8.42 Å². The van der Waals surface area contributed by atoms with Crippen molar-refractivity contribution >= 4 is 10.0 Å². The molecule has 1 saturated heterocycles. The molecule has 0 saturated carbocycles. The van der Waals surface area contributed by atoms with E-state index in [1.165, 1.54) is 4.31 Å². The van der Waals surface area contributed by atoms with E-state index >= 15 is 0 Å². The highest BCUT2D eigenvalue weighted by atomic mass is 32.2. The molecule has 1 atom stereocenters. The number of methoxy groups -OCH3 is 1. The third kappa shape index (κ3) is 4.67. The van der Waals surface area contributed by atoms with Crippen LogP contribution in [0.15, 0.2) is 24.3 Å². The first-order valence-corrected chi connectivity index (χ1v) is 9.40. The van der Waals surface area contributed by atoms with Crippen LogP contribution in [-0.4, -0.2) is 67.9 Å². The molecule has 0 spiro atoms. The lowest BCUT2D eigenvalue weighted by Crippen LogP contribution is -2.44. The predicted octanol–water partition coefficient (Wildman–Crippen LogP) is 0.914. The molecule has 1 aliphatic rings. The summed E-state index contributed by atoms with van der Waals surface area (Å²) in [5, 5.41) is 10.7. The molecule has 1 aliphatic heterocycles. The largest absolute Gasteiger partial charge is 0.497 e. The summed E-state index contributed by atoms with van der Waals surface area (Å²) in [4.78, 5) is 2.02. The van der Waals surface area contributed by atoms with E-state index in [-0.39, 0.29) is 12.3 Å². The number of hydrogen-bond donors (Lipinski definition) is 1. The highest BCUT2D eigenvalue weighted by molar-refractivity contribution is 7.89. The summed E-state index contributed by atoms with van der Waals surface area (Å²) in [5.41, 5.74) is 0.136. The van der Waals surface area contributed by atoms with Crippen molar-refractivity contribution in [3.05, 3.63) is 29.8 Å². The van der Waals surface area contributed by atoms with E-state index in [1.807, 2.05) is 36.2 Å². The summed E-state index contributed by atoms with van der Waals surface area (Å²) in [6, 6.07) is 7.79. The molecule has 7 heteroatoms. The number of hydrogen-bond acceptors (Lipinski definition) is 5. The molecule has 0 amide bonds. The van der Waals surface area contributed by atoms with Gasteiger partial charge in [-0.05, 0) is 38.1 Å². The number of aliphatic hydroxyl groups is 1. The lowest BCUT2D eigenvalue weighted by Gasteiger charge is -2.29. The van der Waals surface area contributed by atoms with Gasteiger partial charge in [-0.3, -0.25) is 4.90 Å². The van der Waals surface area contributed by atoms with Crippen molar-refractivity contribution in [2.75, 3.05) is 39.5 Å². The third-order valence-corrected chi connectivity index (χ3v) is 6.06. The lowest BCUT2D eigenvalue weighted by atomic mass is 10.0. The van der Waals surface area contributed by atoms with Gasteiger partial charge in [0.05, 0.1) is 18.5 Å². The number of nitrogens with zero attached hydrogens (tertiary/aromatic N) is 2.